The van der Waals surface area contributed by atoms with Crippen molar-refractivity contribution in [1.82, 2.24) is 15.4 Å². The average Bonchev–Trinajstić information content (AvgIpc) is 2.50. The summed E-state index contributed by atoms with van der Waals surface area (Å²) >= 11 is 0. The van der Waals surface area contributed by atoms with Crippen LogP contribution in [0.25, 0.3) is 0 Å². The van der Waals surface area contributed by atoms with Gasteiger partial charge in [0.25, 0.3) is 0 Å². The lowest BCUT2D eigenvalue weighted by Gasteiger charge is -2.17. The molecule has 106 valence electrons. The van der Waals surface area contributed by atoms with Crippen molar-refractivity contribution in [3.8, 4) is 5.88 Å². The largest absolute Gasteiger partial charge is 0.480 e. The van der Waals surface area contributed by atoms with Crippen molar-refractivity contribution in [1.29, 1.82) is 0 Å². The molecule has 0 aliphatic rings. The Kier molecular flexibility index (Phi) is 5.03. The fourth-order valence-electron chi connectivity index (χ4n) is 2.10. The number of hydrogen-bond donors (Lipinski definition) is 2. The Morgan fingerprint density at radius 1 is 1.20 bits per heavy atom. The van der Waals surface area contributed by atoms with Crippen LogP contribution in [0.5, 0.6) is 5.88 Å². The van der Waals surface area contributed by atoms with Crippen LogP contribution in [0, 0.1) is 6.92 Å². The molecule has 0 amide bonds. The van der Waals surface area contributed by atoms with Crippen LogP contribution in [0.2, 0.25) is 0 Å². The van der Waals surface area contributed by atoms with E-state index in [2.05, 4.69) is 46.6 Å². The molecule has 0 bridgehead atoms. The van der Waals surface area contributed by atoms with E-state index in [1.807, 2.05) is 0 Å². The zero-order valence-corrected chi connectivity index (χ0v) is 11.8. The Morgan fingerprint density at radius 2 is 1.90 bits per heavy atom. The van der Waals surface area contributed by atoms with Gasteiger partial charge in [0.05, 0.1) is 13.2 Å². The lowest BCUT2D eigenvalue weighted by molar-refractivity contribution is 0.374. The number of nitrogens with one attached hydrogen (secondary N) is 1. The van der Waals surface area contributed by atoms with Gasteiger partial charge < -0.3 is 4.74 Å². The lowest BCUT2D eigenvalue weighted by Crippen LogP contribution is -2.29. The number of ether oxygens (including phenoxy) is 1. The number of methoxy groups -OCH3 is 1. The van der Waals surface area contributed by atoms with E-state index in [0.29, 0.717) is 5.88 Å². The maximum atomic E-state index is 5.64. The van der Waals surface area contributed by atoms with Gasteiger partial charge >= 0.3 is 0 Å². The van der Waals surface area contributed by atoms with Gasteiger partial charge in [-0.05, 0) is 25.3 Å². The van der Waals surface area contributed by atoms with E-state index in [9.17, 15) is 0 Å². The van der Waals surface area contributed by atoms with Crippen LogP contribution in [0.1, 0.15) is 29.3 Å². The first-order chi connectivity index (χ1) is 9.74. The minimum absolute atomic E-state index is 0.0834. The smallest absolute Gasteiger partial charge is 0.237 e. The Bertz CT molecular complexity index is 542. The van der Waals surface area contributed by atoms with Gasteiger partial charge in [-0.1, -0.05) is 29.8 Å². The molecular formula is C15H20N4O. The summed E-state index contributed by atoms with van der Waals surface area (Å²) < 4.78 is 5.23. The van der Waals surface area contributed by atoms with Crippen LogP contribution in [0.4, 0.5) is 0 Å². The van der Waals surface area contributed by atoms with Gasteiger partial charge in [0.15, 0.2) is 0 Å². The van der Waals surface area contributed by atoms with Crippen molar-refractivity contribution < 1.29 is 4.74 Å². The first kappa shape index (κ1) is 14.4. The summed E-state index contributed by atoms with van der Waals surface area (Å²) in [4.78, 5) is 8.47. The molecule has 0 fully saturated rings. The van der Waals surface area contributed by atoms with E-state index in [0.717, 1.165) is 18.5 Å². The second-order valence-corrected chi connectivity index (χ2v) is 4.69. The van der Waals surface area contributed by atoms with Crippen LogP contribution < -0.4 is 16.0 Å². The molecule has 0 radical (unpaired) electrons. The highest BCUT2D eigenvalue weighted by atomic mass is 16.5. The Hall–Kier alpha value is -1.98. The summed E-state index contributed by atoms with van der Waals surface area (Å²) in [6, 6.07) is 8.42. The van der Waals surface area contributed by atoms with Crippen molar-refractivity contribution >= 4 is 0 Å². The highest BCUT2D eigenvalue weighted by Crippen LogP contribution is 2.23. The Morgan fingerprint density at radius 3 is 2.55 bits per heavy atom. The maximum absolute atomic E-state index is 5.64. The third kappa shape index (κ3) is 3.53. The number of rotatable bonds is 6. The van der Waals surface area contributed by atoms with Crippen molar-refractivity contribution in [2.45, 2.75) is 25.8 Å². The molecular weight excluding hydrogens is 252 g/mol. The Labute approximate surface area is 119 Å². The molecule has 3 N–H and O–H groups in total. The van der Waals surface area contributed by atoms with Gasteiger partial charge in [-0.15, -0.1) is 0 Å². The molecule has 5 heteroatoms. The number of nitrogens with zero attached hydrogens (tertiary/aromatic N) is 2. The zero-order valence-electron chi connectivity index (χ0n) is 11.8. The van der Waals surface area contributed by atoms with Crippen molar-refractivity contribution in [2.24, 2.45) is 5.84 Å². The SMILES string of the molecule is COc1nccnc1C(CCc1ccc(C)cc1)NN. The molecule has 5 nitrogen and oxygen atoms in total. The molecule has 2 aromatic rings. The molecule has 1 heterocycles. The number of benzene rings is 1. The van der Waals surface area contributed by atoms with Gasteiger partial charge in [0.1, 0.15) is 5.69 Å². The number of aryl methyl sites for hydroxylation is 2. The highest BCUT2D eigenvalue weighted by Gasteiger charge is 2.17. The highest BCUT2D eigenvalue weighted by molar-refractivity contribution is 5.24. The quantitative estimate of drug-likeness (QED) is 0.621. The van der Waals surface area contributed by atoms with Crippen LogP contribution in [0.15, 0.2) is 36.7 Å². The third-order valence-corrected chi connectivity index (χ3v) is 3.26. The minimum atomic E-state index is -0.0834. The summed E-state index contributed by atoms with van der Waals surface area (Å²) in [5, 5.41) is 0. The molecule has 0 spiro atoms. The molecule has 1 atom stereocenters. The van der Waals surface area contributed by atoms with Crippen LogP contribution in [-0.2, 0) is 6.42 Å². The van der Waals surface area contributed by atoms with Crippen LogP contribution in [0.3, 0.4) is 0 Å². The Balaban J connectivity index is 2.07. The normalized spacial score (nSPS) is 12.2. The van der Waals surface area contributed by atoms with Gasteiger partial charge in [0, 0.05) is 12.4 Å². The van der Waals surface area contributed by atoms with Gasteiger partial charge in [-0.2, -0.15) is 0 Å². The number of hydrazine groups is 1. The maximum Gasteiger partial charge on any atom is 0.237 e. The average molecular weight is 272 g/mol. The number of hydrogen-bond acceptors (Lipinski definition) is 5. The van der Waals surface area contributed by atoms with Gasteiger partial charge in [0.2, 0.25) is 5.88 Å². The first-order valence-corrected chi connectivity index (χ1v) is 6.61. The second kappa shape index (κ2) is 6.98. The summed E-state index contributed by atoms with van der Waals surface area (Å²) in [5.41, 5.74) is 6.07. The summed E-state index contributed by atoms with van der Waals surface area (Å²) in [6.07, 6.45) is 4.99. The fourth-order valence-corrected chi connectivity index (χ4v) is 2.10. The molecule has 1 aromatic heterocycles. The van der Waals surface area contributed by atoms with Crippen molar-refractivity contribution in [3.63, 3.8) is 0 Å². The van der Waals surface area contributed by atoms with Crippen molar-refractivity contribution in [3.05, 3.63) is 53.5 Å². The van der Waals surface area contributed by atoms with E-state index in [4.69, 9.17) is 10.6 Å². The first-order valence-electron chi connectivity index (χ1n) is 6.61. The standard InChI is InChI=1S/C15H20N4O/c1-11-3-5-12(6-4-11)7-8-13(19-16)14-15(20-2)18-10-9-17-14/h3-6,9-10,13,19H,7-8,16H2,1-2H3. The van der Waals surface area contributed by atoms with Gasteiger partial charge in [-0.25, -0.2) is 4.98 Å². The van der Waals surface area contributed by atoms with Crippen molar-refractivity contribution in [2.75, 3.05) is 7.11 Å². The van der Waals surface area contributed by atoms with Gasteiger partial charge in [-0.3, -0.25) is 16.3 Å². The molecule has 2 rings (SSSR count). The molecule has 1 aromatic carbocycles. The molecule has 20 heavy (non-hydrogen) atoms. The molecule has 0 saturated heterocycles. The predicted molar refractivity (Wildman–Crippen MR) is 78.1 cm³/mol. The zero-order chi connectivity index (χ0) is 14.4. The molecule has 0 aliphatic carbocycles. The molecule has 0 aliphatic heterocycles. The van der Waals surface area contributed by atoms with E-state index >= 15 is 0 Å². The minimum Gasteiger partial charge on any atom is -0.480 e. The van der Waals surface area contributed by atoms with E-state index in [1.54, 1.807) is 19.5 Å². The van der Waals surface area contributed by atoms with E-state index < -0.39 is 0 Å². The summed E-state index contributed by atoms with van der Waals surface area (Å²) in [5.74, 6) is 6.16. The summed E-state index contributed by atoms with van der Waals surface area (Å²) in [6.45, 7) is 2.08. The second-order valence-electron chi connectivity index (χ2n) is 4.69. The fraction of sp³-hybridized carbons (Fsp3) is 0.333. The topological polar surface area (TPSA) is 73.1 Å². The number of nitrogens with two attached hydrogens (primary N) is 1. The molecule has 1 unspecified atom stereocenters. The number of aromatic nitrogens is 2. The molecule has 0 saturated carbocycles. The van der Waals surface area contributed by atoms with E-state index in [-0.39, 0.29) is 6.04 Å². The predicted octanol–water partition coefficient (Wildman–Crippen LogP) is 1.93. The third-order valence-electron chi connectivity index (χ3n) is 3.26. The van der Waals surface area contributed by atoms with Crippen LogP contribution >= 0.6 is 0 Å². The van der Waals surface area contributed by atoms with E-state index in [1.165, 1.54) is 11.1 Å². The van der Waals surface area contributed by atoms with Crippen LogP contribution in [-0.4, -0.2) is 17.1 Å². The lowest BCUT2D eigenvalue weighted by atomic mass is 10.0. The monoisotopic (exact) mass is 272 g/mol. The summed E-state index contributed by atoms with van der Waals surface area (Å²) in [7, 11) is 1.58.